The Morgan fingerprint density at radius 2 is 1.82 bits per heavy atom. The first-order chi connectivity index (χ1) is 18.0. The van der Waals surface area contributed by atoms with Crippen molar-refractivity contribution >= 4 is 40.0 Å². The van der Waals surface area contributed by atoms with Crippen LogP contribution in [0.25, 0.3) is 10.9 Å². The van der Waals surface area contributed by atoms with Crippen molar-refractivity contribution in [2.24, 2.45) is 5.73 Å². The standard InChI is InChI=1S/C27H31F2N5O4/c1-5-37-23-14-21-17(13-22(23)33-8-10-34(11-9-33)26(36)38-27(2,3)4)24(18(15-31-21)25(30)35)32-20-7-6-16(28)12-19(20)29/h6-7,12-15H,5,8-11H2,1-4H3,(H2,30,35)(H,31,32). The van der Waals surface area contributed by atoms with Gasteiger partial charge in [0.15, 0.2) is 0 Å². The highest BCUT2D eigenvalue weighted by atomic mass is 19.1. The maximum atomic E-state index is 14.5. The Hall–Kier alpha value is -4.15. The molecule has 0 aliphatic carbocycles. The van der Waals surface area contributed by atoms with Crippen LogP contribution >= 0.6 is 0 Å². The first-order valence-corrected chi connectivity index (χ1v) is 12.3. The number of nitrogens with zero attached hydrogens (tertiary/aromatic N) is 3. The predicted octanol–water partition coefficient (Wildman–Crippen LogP) is 4.81. The van der Waals surface area contributed by atoms with E-state index in [4.69, 9.17) is 15.2 Å². The van der Waals surface area contributed by atoms with E-state index in [1.54, 1.807) is 17.0 Å². The van der Waals surface area contributed by atoms with E-state index in [1.165, 1.54) is 12.3 Å². The first kappa shape index (κ1) is 26.9. The average Bonchev–Trinajstić information content (AvgIpc) is 2.84. The summed E-state index contributed by atoms with van der Waals surface area (Å²) in [6.07, 6.45) is 0.937. The molecular weight excluding hydrogens is 496 g/mol. The maximum absolute atomic E-state index is 14.5. The minimum absolute atomic E-state index is 0.0252. The van der Waals surface area contributed by atoms with Gasteiger partial charge in [-0.25, -0.2) is 13.6 Å². The van der Waals surface area contributed by atoms with E-state index in [-0.39, 0.29) is 23.0 Å². The van der Waals surface area contributed by atoms with Crippen LogP contribution in [0.2, 0.25) is 0 Å². The van der Waals surface area contributed by atoms with Gasteiger partial charge in [-0.05, 0) is 45.9 Å². The van der Waals surface area contributed by atoms with Gasteiger partial charge in [0.1, 0.15) is 23.0 Å². The quantitative estimate of drug-likeness (QED) is 0.473. The van der Waals surface area contributed by atoms with Gasteiger partial charge >= 0.3 is 6.09 Å². The number of carbonyl (C=O) groups excluding carboxylic acids is 2. The molecule has 11 heteroatoms. The number of primary amides is 1. The number of benzene rings is 2. The molecule has 1 aliphatic heterocycles. The number of nitrogens with one attached hydrogen (secondary N) is 1. The van der Waals surface area contributed by atoms with Crippen molar-refractivity contribution in [2.45, 2.75) is 33.3 Å². The highest BCUT2D eigenvalue weighted by molar-refractivity contribution is 6.08. The lowest BCUT2D eigenvalue weighted by molar-refractivity contribution is 0.0240. The van der Waals surface area contributed by atoms with Gasteiger partial charge in [-0.1, -0.05) is 0 Å². The lowest BCUT2D eigenvalue weighted by Gasteiger charge is -2.37. The summed E-state index contributed by atoms with van der Waals surface area (Å²) in [7, 11) is 0. The van der Waals surface area contributed by atoms with E-state index in [0.717, 1.165) is 12.1 Å². The van der Waals surface area contributed by atoms with E-state index in [1.807, 2.05) is 27.7 Å². The van der Waals surface area contributed by atoms with E-state index < -0.39 is 23.1 Å². The molecule has 1 saturated heterocycles. The number of ether oxygens (including phenoxy) is 2. The Kier molecular flexibility index (Phi) is 7.56. The fraction of sp³-hybridized carbons (Fsp3) is 0.370. The van der Waals surface area contributed by atoms with Crippen molar-refractivity contribution in [3.05, 3.63) is 53.7 Å². The molecule has 38 heavy (non-hydrogen) atoms. The lowest BCUT2D eigenvalue weighted by atomic mass is 10.1. The molecule has 9 nitrogen and oxygen atoms in total. The Labute approximate surface area is 219 Å². The van der Waals surface area contributed by atoms with Gasteiger partial charge in [0.25, 0.3) is 5.91 Å². The Balaban J connectivity index is 1.73. The molecule has 0 unspecified atom stereocenters. The molecule has 2 heterocycles. The third-order valence-corrected chi connectivity index (χ3v) is 5.98. The molecule has 2 amide bonds. The molecule has 1 aromatic heterocycles. The monoisotopic (exact) mass is 527 g/mol. The number of halogens is 2. The number of pyridine rings is 1. The number of rotatable bonds is 6. The fourth-order valence-electron chi connectivity index (χ4n) is 4.23. The van der Waals surface area contributed by atoms with Crippen molar-refractivity contribution in [3.8, 4) is 5.75 Å². The van der Waals surface area contributed by atoms with E-state index >= 15 is 0 Å². The van der Waals surface area contributed by atoms with Gasteiger partial charge in [-0.3, -0.25) is 9.78 Å². The fourth-order valence-corrected chi connectivity index (χ4v) is 4.23. The minimum Gasteiger partial charge on any atom is -0.492 e. The summed E-state index contributed by atoms with van der Waals surface area (Å²) in [5.41, 5.74) is 6.49. The molecule has 0 spiro atoms. The molecule has 1 aliphatic rings. The first-order valence-electron chi connectivity index (χ1n) is 12.3. The summed E-state index contributed by atoms with van der Waals surface area (Å²) >= 11 is 0. The summed E-state index contributed by atoms with van der Waals surface area (Å²) in [4.78, 5) is 32.9. The van der Waals surface area contributed by atoms with Gasteiger partial charge < -0.3 is 30.3 Å². The summed E-state index contributed by atoms with van der Waals surface area (Å²) in [6.45, 7) is 9.61. The second-order valence-corrected chi connectivity index (χ2v) is 9.88. The number of amides is 2. The van der Waals surface area contributed by atoms with Gasteiger partial charge in [0, 0.05) is 49.9 Å². The number of nitrogens with two attached hydrogens (primary N) is 1. The van der Waals surface area contributed by atoms with Gasteiger partial charge in [0.05, 0.1) is 34.7 Å². The molecule has 0 saturated carbocycles. The lowest BCUT2D eigenvalue weighted by Crippen LogP contribution is -2.50. The molecule has 4 rings (SSSR count). The zero-order valence-corrected chi connectivity index (χ0v) is 21.8. The summed E-state index contributed by atoms with van der Waals surface area (Å²) in [6, 6.07) is 6.64. The smallest absolute Gasteiger partial charge is 0.410 e. The normalized spacial score (nSPS) is 13.9. The summed E-state index contributed by atoms with van der Waals surface area (Å²) in [5, 5.41) is 3.40. The predicted molar refractivity (Wildman–Crippen MR) is 141 cm³/mol. The van der Waals surface area contributed by atoms with E-state index in [0.29, 0.717) is 55.1 Å². The van der Waals surface area contributed by atoms with Gasteiger partial charge in [-0.2, -0.15) is 0 Å². The van der Waals surface area contributed by atoms with Crippen LogP contribution in [-0.4, -0.2) is 60.3 Å². The van der Waals surface area contributed by atoms with Crippen LogP contribution in [0.15, 0.2) is 36.5 Å². The molecule has 0 radical (unpaired) electrons. The number of piperazine rings is 1. The SMILES string of the molecule is CCOc1cc2ncc(C(N)=O)c(Nc3ccc(F)cc3F)c2cc1N1CCN(C(=O)OC(C)(C)C)CC1. The molecule has 1 fully saturated rings. The zero-order valence-electron chi connectivity index (χ0n) is 21.8. The molecule has 202 valence electrons. The second-order valence-electron chi connectivity index (χ2n) is 9.88. The Bertz CT molecular complexity index is 1370. The summed E-state index contributed by atoms with van der Waals surface area (Å²) in [5.74, 6) is -1.73. The third-order valence-electron chi connectivity index (χ3n) is 5.98. The Morgan fingerprint density at radius 3 is 2.42 bits per heavy atom. The highest BCUT2D eigenvalue weighted by Crippen LogP contribution is 2.38. The van der Waals surface area contributed by atoms with Crippen molar-refractivity contribution in [1.29, 1.82) is 0 Å². The molecule has 0 bridgehead atoms. The number of aromatic nitrogens is 1. The number of carbonyl (C=O) groups is 2. The van der Waals surface area contributed by atoms with Crippen molar-refractivity contribution in [3.63, 3.8) is 0 Å². The van der Waals surface area contributed by atoms with Crippen LogP contribution in [0.4, 0.5) is 30.6 Å². The third kappa shape index (κ3) is 5.87. The number of hydrogen-bond donors (Lipinski definition) is 2. The van der Waals surface area contributed by atoms with Crippen molar-refractivity contribution < 1.29 is 27.8 Å². The maximum Gasteiger partial charge on any atom is 0.410 e. The highest BCUT2D eigenvalue weighted by Gasteiger charge is 2.28. The molecular formula is C27H31F2N5O4. The molecule has 3 N–H and O–H groups in total. The van der Waals surface area contributed by atoms with Crippen LogP contribution < -0.4 is 20.7 Å². The number of anilines is 3. The topological polar surface area (TPSA) is 110 Å². The second kappa shape index (κ2) is 10.7. The zero-order chi connectivity index (χ0) is 27.6. The van der Waals surface area contributed by atoms with E-state index in [2.05, 4.69) is 15.2 Å². The summed E-state index contributed by atoms with van der Waals surface area (Å²) < 4.78 is 39.4. The van der Waals surface area contributed by atoms with Gasteiger partial charge in [-0.15, -0.1) is 0 Å². The van der Waals surface area contributed by atoms with Crippen molar-refractivity contribution in [1.82, 2.24) is 9.88 Å². The van der Waals surface area contributed by atoms with Crippen LogP contribution in [0.5, 0.6) is 5.75 Å². The van der Waals surface area contributed by atoms with Crippen LogP contribution in [0.3, 0.4) is 0 Å². The minimum atomic E-state index is -0.824. The Morgan fingerprint density at radius 1 is 1.11 bits per heavy atom. The number of hydrogen-bond acceptors (Lipinski definition) is 7. The largest absolute Gasteiger partial charge is 0.492 e. The van der Waals surface area contributed by atoms with Gasteiger partial charge in [0.2, 0.25) is 0 Å². The van der Waals surface area contributed by atoms with E-state index in [9.17, 15) is 18.4 Å². The van der Waals surface area contributed by atoms with Crippen LogP contribution in [0, 0.1) is 11.6 Å². The van der Waals surface area contributed by atoms with Crippen LogP contribution in [-0.2, 0) is 4.74 Å². The molecule has 0 atom stereocenters. The van der Waals surface area contributed by atoms with Crippen molar-refractivity contribution in [2.75, 3.05) is 43.0 Å². The molecule has 3 aromatic rings. The molecule has 2 aromatic carbocycles. The van der Waals surface area contributed by atoms with Crippen LogP contribution in [0.1, 0.15) is 38.1 Å². The average molecular weight is 528 g/mol. The number of fused-ring (bicyclic) bond motifs is 1.